The van der Waals surface area contributed by atoms with Crippen molar-refractivity contribution < 1.29 is 22.8 Å². The van der Waals surface area contributed by atoms with Crippen molar-refractivity contribution >= 4 is 51.1 Å². The Morgan fingerprint density at radius 2 is 1.60 bits per heavy atom. The van der Waals surface area contributed by atoms with E-state index in [9.17, 15) is 22.8 Å². The van der Waals surface area contributed by atoms with E-state index in [1.54, 1.807) is 34.9 Å². The van der Waals surface area contributed by atoms with Crippen LogP contribution in [-0.2, 0) is 29.4 Å². The van der Waals surface area contributed by atoms with Gasteiger partial charge in [-0.25, -0.2) is 17.8 Å². The molecule has 0 saturated carbocycles. The van der Waals surface area contributed by atoms with Crippen LogP contribution in [0.4, 0.5) is 5.69 Å². The van der Waals surface area contributed by atoms with Gasteiger partial charge in [-0.1, -0.05) is 81.6 Å². The fourth-order valence-corrected chi connectivity index (χ4v) is 8.94. The van der Waals surface area contributed by atoms with Gasteiger partial charge in [0.2, 0.25) is 0 Å². The van der Waals surface area contributed by atoms with E-state index in [2.05, 4.69) is 29.5 Å². The van der Waals surface area contributed by atoms with E-state index in [4.69, 9.17) is 16.7 Å². The molecule has 13 heteroatoms. The molecule has 6 rings (SSSR count). The third-order valence-electron chi connectivity index (χ3n) is 10.9. The van der Waals surface area contributed by atoms with E-state index in [0.717, 1.165) is 67.6 Å². The van der Waals surface area contributed by atoms with Gasteiger partial charge in [0.1, 0.15) is 0 Å². The number of rotatable bonds is 15. The number of amides is 3. The van der Waals surface area contributed by atoms with Crippen LogP contribution < -0.4 is 9.62 Å². The second kappa shape index (κ2) is 18.1. The topological polar surface area (TPSA) is 125 Å². The quantitative estimate of drug-likeness (QED) is 0.129. The van der Waals surface area contributed by atoms with Gasteiger partial charge in [-0.05, 0) is 98.5 Å². The maximum atomic E-state index is 14.6. The van der Waals surface area contributed by atoms with Crippen LogP contribution >= 0.6 is 11.6 Å². The number of benzene rings is 3. The number of anilines is 1. The molecule has 0 atom stereocenters. The smallest absolute Gasteiger partial charge is 0.275 e. The summed E-state index contributed by atoms with van der Waals surface area (Å²) in [5, 5.41) is 4.89. The minimum atomic E-state index is -4.36. The molecule has 0 fully saturated rings. The molecule has 0 unspecified atom stereocenters. The number of carbonyl (C=O) groups excluding carboxylic acids is 3. The highest BCUT2D eigenvalue weighted by molar-refractivity contribution is 7.90. The van der Waals surface area contributed by atoms with Crippen molar-refractivity contribution in [3.05, 3.63) is 110 Å². The molecule has 4 aromatic rings. The second-order valence-electron chi connectivity index (χ2n) is 14.7. The number of nitrogens with zero attached hydrogens (tertiary/aromatic N) is 5. The molecule has 0 radical (unpaired) electrons. The van der Waals surface area contributed by atoms with Gasteiger partial charge in [0.05, 0.1) is 26.9 Å². The monoisotopic (exact) mass is 812 g/mol. The molecule has 1 aromatic heterocycles. The predicted molar refractivity (Wildman–Crippen MR) is 226 cm³/mol. The summed E-state index contributed by atoms with van der Waals surface area (Å²) in [6, 6.07) is 15.9. The number of unbranched alkanes of at least 4 members (excludes halogenated alkanes) is 2. The zero-order valence-electron chi connectivity index (χ0n) is 33.6. The molecule has 1 N–H and O–H groups in total. The molecule has 0 saturated heterocycles. The van der Waals surface area contributed by atoms with Crippen LogP contribution in [0.15, 0.2) is 65.6 Å². The third-order valence-corrected chi connectivity index (χ3v) is 12.7. The van der Waals surface area contributed by atoms with Gasteiger partial charge in [-0.3, -0.25) is 14.4 Å². The molecule has 3 aromatic carbocycles. The number of hydrogen-bond donors (Lipinski definition) is 1. The normalized spacial score (nSPS) is 13.9. The molecule has 57 heavy (non-hydrogen) atoms. The Labute approximate surface area is 341 Å². The van der Waals surface area contributed by atoms with Crippen molar-refractivity contribution in [2.24, 2.45) is 0 Å². The van der Waals surface area contributed by atoms with Gasteiger partial charge in [-0.15, -0.1) is 0 Å². The highest BCUT2D eigenvalue weighted by Crippen LogP contribution is 2.34. The Balaban J connectivity index is 1.40. The summed E-state index contributed by atoms with van der Waals surface area (Å²) in [7, 11) is -4.36. The molecule has 2 aliphatic rings. The first-order valence-corrected chi connectivity index (χ1v) is 22.0. The van der Waals surface area contributed by atoms with E-state index in [0.29, 0.717) is 56.0 Å². The lowest BCUT2D eigenvalue weighted by molar-refractivity contribution is 0.0732. The minimum Gasteiger partial charge on any atom is -0.371 e. The van der Waals surface area contributed by atoms with Crippen molar-refractivity contribution in [3.63, 3.8) is 0 Å². The fraction of sp³-hybridized carbons (Fsp3) is 0.409. The Hall–Kier alpha value is -4.94. The van der Waals surface area contributed by atoms with Gasteiger partial charge in [-0.2, -0.15) is 5.10 Å². The maximum Gasteiger partial charge on any atom is 0.275 e. The highest BCUT2D eigenvalue weighted by atomic mass is 35.5. The molecule has 2 aliphatic heterocycles. The molecule has 11 nitrogen and oxygen atoms in total. The van der Waals surface area contributed by atoms with E-state index in [-0.39, 0.29) is 38.6 Å². The first kappa shape index (κ1) is 41.7. The number of hydrogen-bond acceptors (Lipinski definition) is 7. The Morgan fingerprint density at radius 1 is 0.895 bits per heavy atom. The number of fused-ring (bicyclic) bond motifs is 2. The molecule has 302 valence electrons. The van der Waals surface area contributed by atoms with Crippen molar-refractivity contribution in [2.45, 2.75) is 91.0 Å². The van der Waals surface area contributed by atoms with Crippen LogP contribution in [0.2, 0.25) is 5.02 Å². The molecule has 0 bridgehead atoms. The van der Waals surface area contributed by atoms with Crippen LogP contribution in [0, 0.1) is 6.92 Å². The highest BCUT2D eigenvalue weighted by Gasteiger charge is 2.31. The molecular weight excluding hydrogens is 760 g/mol. The van der Waals surface area contributed by atoms with E-state index < -0.39 is 15.9 Å². The lowest BCUT2D eigenvalue weighted by atomic mass is 9.98. The fourth-order valence-electron chi connectivity index (χ4n) is 7.57. The Bertz CT molecular complexity index is 2290. The summed E-state index contributed by atoms with van der Waals surface area (Å²) < 4.78 is 31.9. The van der Waals surface area contributed by atoms with Crippen LogP contribution in [0.3, 0.4) is 0 Å². The first-order chi connectivity index (χ1) is 27.4. The first-order valence-electron chi connectivity index (χ1n) is 20.1. The summed E-state index contributed by atoms with van der Waals surface area (Å²) in [4.78, 5) is 48.1. The van der Waals surface area contributed by atoms with Gasteiger partial charge in [0.15, 0.2) is 5.69 Å². The summed E-state index contributed by atoms with van der Waals surface area (Å²) in [5.41, 5.74) is 5.54. The summed E-state index contributed by atoms with van der Waals surface area (Å²) in [6.07, 6.45) is 9.36. The minimum absolute atomic E-state index is 0.00507. The number of aromatic nitrogens is 2. The van der Waals surface area contributed by atoms with Crippen molar-refractivity contribution in [1.29, 1.82) is 0 Å². The summed E-state index contributed by atoms with van der Waals surface area (Å²) >= 11 is 6.85. The average Bonchev–Trinajstić information content (AvgIpc) is 3.77. The average molecular weight is 813 g/mol. The van der Waals surface area contributed by atoms with Gasteiger partial charge < -0.3 is 14.7 Å². The van der Waals surface area contributed by atoms with E-state index in [1.165, 1.54) is 16.8 Å². The molecular formula is C44H53ClN6O5S. The van der Waals surface area contributed by atoms with E-state index in [1.807, 2.05) is 44.2 Å². The SMILES string of the molecule is CC/C=C/c1cc2c(cc1S(=O)(=O)NC(=O)c1ccc(-n3nc(C(=O)N(CCCC)CCCC)c(Cl)c3C)c(C(=O)N3CCc4ccccc4C3)c1)N(CC)CC2. The number of sulfonamides is 1. The summed E-state index contributed by atoms with van der Waals surface area (Å²) in [6.45, 7) is 13.3. The Morgan fingerprint density at radius 3 is 2.28 bits per heavy atom. The molecule has 0 spiro atoms. The van der Waals surface area contributed by atoms with Crippen LogP contribution in [-0.4, -0.2) is 78.4 Å². The van der Waals surface area contributed by atoms with Gasteiger partial charge in [0, 0.05) is 50.5 Å². The number of nitrogens with one attached hydrogen (secondary N) is 1. The molecule has 3 amide bonds. The second-order valence-corrected chi connectivity index (χ2v) is 16.8. The lowest BCUT2D eigenvalue weighted by Crippen LogP contribution is -2.37. The number of carbonyl (C=O) groups is 3. The third kappa shape index (κ3) is 8.82. The van der Waals surface area contributed by atoms with Crippen LogP contribution in [0.1, 0.15) is 119 Å². The van der Waals surface area contributed by atoms with Gasteiger partial charge in [0.25, 0.3) is 27.7 Å². The maximum absolute atomic E-state index is 14.6. The van der Waals surface area contributed by atoms with Crippen molar-refractivity contribution in [1.82, 2.24) is 24.3 Å². The zero-order chi connectivity index (χ0) is 40.9. The molecule has 3 heterocycles. The predicted octanol–water partition coefficient (Wildman–Crippen LogP) is 8.00. The largest absolute Gasteiger partial charge is 0.371 e. The zero-order valence-corrected chi connectivity index (χ0v) is 35.2. The number of halogens is 1. The summed E-state index contributed by atoms with van der Waals surface area (Å²) in [5.74, 6) is -1.53. The van der Waals surface area contributed by atoms with Crippen LogP contribution in [0.5, 0.6) is 0 Å². The van der Waals surface area contributed by atoms with E-state index >= 15 is 0 Å². The van der Waals surface area contributed by atoms with Crippen molar-refractivity contribution in [3.8, 4) is 5.69 Å². The standard InChI is InChI=1S/C44H53ClN6O5S/c1-6-10-15-33-26-32-21-24-48(9-4)38(32)28-39(33)57(55,56)47-42(52)34-18-19-37(36(27-34)43(53)50-25-20-31-16-13-14-17-35(31)29-50)51-30(5)40(45)41(46-51)44(54)49(22-11-7-2)23-12-8-3/h10,13-19,26-28H,6-9,11-12,20-25,29H2,1-5H3,(H,47,52)/b15-10+. The lowest BCUT2D eigenvalue weighted by Gasteiger charge is -2.29. The Kier molecular flexibility index (Phi) is 13.2. The number of allylic oxidation sites excluding steroid dienone is 1. The van der Waals surface area contributed by atoms with Gasteiger partial charge >= 0.3 is 0 Å². The van der Waals surface area contributed by atoms with Crippen LogP contribution in [0.25, 0.3) is 11.8 Å². The van der Waals surface area contributed by atoms with Crippen molar-refractivity contribution in [2.75, 3.05) is 37.6 Å². The molecule has 0 aliphatic carbocycles. The number of likely N-dealkylation sites (N-methyl/N-ethyl adjacent to an activating group) is 1.